The molecular weight excluding hydrogens is 317 g/mol. The van der Waals surface area contributed by atoms with Gasteiger partial charge in [-0.1, -0.05) is 0 Å². The van der Waals surface area contributed by atoms with Gasteiger partial charge < -0.3 is 15.2 Å². The summed E-state index contributed by atoms with van der Waals surface area (Å²) >= 11 is 0. The highest BCUT2D eigenvalue weighted by Gasteiger charge is 2.32. The Morgan fingerprint density at radius 1 is 1.22 bits per heavy atom. The molecule has 0 aliphatic rings. The van der Waals surface area contributed by atoms with Crippen LogP contribution in [0.2, 0.25) is 0 Å². The average molecular weight is 328 g/mol. The Morgan fingerprint density at radius 3 is 2.39 bits per heavy atom. The number of esters is 1. The zero-order chi connectivity index (χ0) is 17.2. The molecule has 7 nitrogen and oxygen atoms in total. The number of nitrogens with zero attached hydrogens (tertiary/aromatic N) is 3. The number of methoxy groups -OCH3 is 2. The number of halogens is 3. The molecule has 0 saturated heterocycles. The second-order valence-electron chi connectivity index (χ2n) is 4.24. The first-order chi connectivity index (χ1) is 10.8. The van der Waals surface area contributed by atoms with Crippen molar-refractivity contribution in [3.8, 4) is 17.1 Å². The zero-order valence-corrected chi connectivity index (χ0v) is 12.0. The van der Waals surface area contributed by atoms with Gasteiger partial charge in [-0.3, -0.25) is 4.98 Å². The number of nitrogens with two attached hydrogens (primary N) is 1. The van der Waals surface area contributed by atoms with Crippen LogP contribution in [0.25, 0.3) is 11.4 Å². The fourth-order valence-corrected chi connectivity index (χ4v) is 1.73. The minimum absolute atomic E-state index is 0.0788. The van der Waals surface area contributed by atoms with Crippen LogP contribution >= 0.6 is 0 Å². The molecule has 0 aromatic carbocycles. The summed E-state index contributed by atoms with van der Waals surface area (Å²) in [6.45, 7) is 0. The van der Waals surface area contributed by atoms with Crippen molar-refractivity contribution in [2.45, 2.75) is 6.18 Å². The minimum Gasteiger partial charge on any atom is -0.491 e. The Labute approximate surface area is 128 Å². The molecule has 2 aromatic heterocycles. The van der Waals surface area contributed by atoms with Crippen molar-refractivity contribution in [1.82, 2.24) is 15.0 Å². The van der Waals surface area contributed by atoms with Crippen LogP contribution in [0.4, 0.5) is 19.0 Å². The van der Waals surface area contributed by atoms with E-state index < -0.39 is 17.8 Å². The average Bonchev–Trinajstić information content (AvgIpc) is 2.52. The summed E-state index contributed by atoms with van der Waals surface area (Å²) in [5.41, 5.74) is 4.53. The quantitative estimate of drug-likeness (QED) is 0.859. The monoisotopic (exact) mass is 328 g/mol. The lowest BCUT2D eigenvalue weighted by Crippen LogP contribution is -2.12. The first kappa shape index (κ1) is 16.5. The Bertz CT molecular complexity index is 732. The fraction of sp³-hybridized carbons (Fsp3) is 0.231. The molecule has 23 heavy (non-hydrogen) atoms. The smallest absolute Gasteiger partial charge is 0.433 e. The molecule has 2 heterocycles. The summed E-state index contributed by atoms with van der Waals surface area (Å²) in [6, 6.07) is 1.90. The molecule has 0 saturated carbocycles. The summed E-state index contributed by atoms with van der Waals surface area (Å²) in [5.74, 6) is -1.14. The highest BCUT2D eigenvalue weighted by molar-refractivity contribution is 5.92. The normalized spacial score (nSPS) is 11.2. The topological polar surface area (TPSA) is 100 Å². The zero-order valence-electron chi connectivity index (χ0n) is 12.0. The summed E-state index contributed by atoms with van der Waals surface area (Å²) in [6.07, 6.45) is -3.62. The molecule has 2 aromatic rings. The van der Waals surface area contributed by atoms with Crippen LogP contribution in [-0.2, 0) is 10.9 Å². The van der Waals surface area contributed by atoms with E-state index in [2.05, 4.69) is 19.7 Å². The maximum atomic E-state index is 12.5. The third-order valence-electron chi connectivity index (χ3n) is 2.79. The predicted octanol–water partition coefficient (Wildman–Crippen LogP) is 1.93. The SMILES string of the molecule is COC(=O)c1nc(-c2ccc(C(F)(F)F)nc2)nc(N)c1OC. The van der Waals surface area contributed by atoms with E-state index in [1.807, 2.05) is 0 Å². The van der Waals surface area contributed by atoms with E-state index in [-0.39, 0.29) is 28.6 Å². The van der Waals surface area contributed by atoms with Gasteiger partial charge in [-0.15, -0.1) is 0 Å². The minimum atomic E-state index is -4.56. The highest BCUT2D eigenvalue weighted by atomic mass is 19.4. The van der Waals surface area contributed by atoms with Gasteiger partial charge in [-0.2, -0.15) is 13.2 Å². The largest absolute Gasteiger partial charge is 0.491 e. The van der Waals surface area contributed by atoms with Gasteiger partial charge in [0.05, 0.1) is 14.2 Å². The molecule has 0 amide bonds. The van der Waals surface area contributed by atoms with E-state index in [0.29, 0.717) is 0 Å². The van der Waals surface area contributed by atoms with Crippen LogP contribution in [0.3, 0.4) is 0 Å². The summed E-state index contributed by atoms with van der Waals surface area (Å²) in [4.78, 5) is 22.8. The summed E-state index contributed by atoms with van der Waals surface area (Å²) in [7, 11) is 2.40. The Kier molecular flexibility index (Phi) is 4.34. The molecule has 10 heteroatoms. The number of ether oxygens (including phenoxy) is 2. The lowest BCUT2D eigenvalue weighted by Gasteiger charge is -2.11. The molecule has 0 aliphatic carbocycles. The fourth-order valence-electron chi connectivity index (χ4n) is 1.73. The molecule has 0 bridgehead atoms. The number of carbonyl (C=O) groups is 1. The molecule has 122 valence electrons. The number of nitrogen functional groups attached to an aromatic ring is 1. The highest BCUT2D eigenvalue weighted by Crippen LogP contribution is 2.30. The third kappa shape index (κ3) is 3.30. The number of pyridine rings is 1. The van der Waals surface area contributed by atoms with Gasteiger partial charge in [-0.25, -0.2) is 14.8 Å². The van der Waals surface area contributed by atoms with Gasteiger partial charge in [0.2, 0.25) is 0 Å². The van der Waals surface area contributed by atoms with Crippen LogP contribution in [0.15, 0.2) is 18.3 Å². The Morgan fingerprint density at radius 2 is 1.91 bits per heavy atom. The second kappa shape index (κ2) is 6.07. The maximum absolute atomic E-state index is 12.5. The van der Waals surface area contributed by atoms with E-state index >= 15 is 0 Å². The van der Waals surface area contributed by atoms with E-state index in [1.54, 1.807) is 0 Å². The van der Waals surface area contributed by atoms with Crippen molar-refractivity contribution in [3.05, 3.63) is 29.7 Å². The van der Waals surface area contributed by atoms with Crippen LogP contribution in [0.5, 0.6) is 5.75 Å². The molecule has 0 fully saturated rings. The molecule has 2 rings (SSSR count). The van der Waals surface area contributed by atoms with E-state index in [0.717, 1.165) is 25.4 Å². The number of carbonyl (C=O) groups excluding carboxylic acids is 1. The van der Waals surface area contributed by atoms with Crippen LogP contribution in [0, 0.1) is 0 Å². The molecular formula is C13H11F3N4O3. The number of hydrogen-bond donors (Lipinski definition) is 1. The maximum Gasteiger partial charge on any atom is 0.433 e. The van der Waals surface area contributed by atoms with Gasteiger partial charge in [0.1, 0.15) is 5.69 Å². The first-order valence-corrected chi connectivity index (χ1v) is 6.11. The molecule has 0 aliphatic heterocycles. The predicted molar refractivity (Wildman–Crippen MR) is 72.6 cm³/mol. The van der Waals surface area contributed by atoms with Crippen molar-refractivity contribution in [2.24, 2.45) is 0 Å². The van der Waals surface area contributed by atoms with E-state index in [9.17, 15) is 18.0 Å². The number of aromatic nitrogens is 3. The number of alkyl halides is 3. The van der Waals surface area contributed by atoms with Crippen molar-refractivity contribution < 1.29 is 27.4 Å². The number of hydrogen-bond acceptors (Lipinski definition) is 7. The first-order valence-electron chi connectivity index (χ1n) is 6.11. The Hall–Kier alpha value is -2.91. The van der Waals surface area contributed by atoms with E-state index in [4.69, 9.17) is 10.5 Å². The van der Waals surface area contributed by atoms with Crippen LogP contribution in [0.1, 0.15) is 16.2 Å². The molecule has 0 atom stereocenters. The summed E-state index contributed by atoms with van der Waals surface area (Å²) in [5, 5.41) is 0. The van der Waals surface area contributed by atoms with Crippen molar-refractivity contribution in [2.75, 3.05) is 20.0 Å². The van der Waals surface area contributed by atoms with Gasteiger partial charge in [-0.05, 0) is 12.1 Å². The van der Waals surface area contributed by atoms with Crippen molar-refractivity contribution >= 4 is 11.8 Å². The molecule has 0 spiro atoms. The second-order valence-corrected chi connectivity index (χ2v) is 4.24. The number of anilines is 1. The number of rotatable bonds is 3. The van der Waals surface area contributed by atoms with Gasteiger partial charge in [0.25, 0.3) is 0 Å². The standard InChI is InChI=1S/C13H11F3N4O3/c1-22-9-8(12(21)23-2)19-11(20-10(9)17)6-3-4-7(18-5-6)13(14,15)16/h3-5H,1-2H3,(H2,17,19,20). The lowest BCUT2D eigenvalue weighted by atomic mass is 10.2. The van der Waals surface area contributed by atoms with E-state index in [1.165, 1.54) is 7.11 Å². The van der Waals surface area contributed by atoms with Gasteiger partial charge >= 0.3 is 12.1 Å². The van der Waals surface area contributed by atoms with Gasteiger partial charge in [0, 0.05) is 11.8 Å². The van der Waals surface area contributed by atoms with Crippen molar-refractivity contribution in [1.29, 1.82) is 0 Å². The van der Waals surface area contributed by atoms with Crippen molar-refractivity contribution in [3.63, 3.8) is 0 Å². The third-order valence-corrected chi connectivity index (χ3v) is 2.79. The Balaban J connectivity index is 2.52. The summed E-state index contributed by atoms with van der Waals surface area (Å²) < 4.78 is 47.0. The van der Waals surface area contributed by atoms with Gasteiger partial charge in [0.15, 0.2) is 23.1 Å². The lowest BCUT2D eigenvalue weighted by molar-refractivity contribution is -0.141. The molecule has 2 N–H and O–H groups in total. The molecule has 0 radical (unpaired) electrons. The van der Waals surface area contributed by atoms with Crippen LogP contribution < -0.4 is 10.5 Å². The molecule has 0 unspecified atom stereocenters. The van der Waals surface area contributed by atoms with Crippen LogP contribution in [-0.4, -0.2) is 35.1 Å².